The summed E-state index contributed by atoms with van der Waals surface area (Å²) in [6, 6.07) is 10.5. The molecule has 61 heavy (non-hydrogen) atoms. The maximum Gasteiger partial charge on any atom is 0.355 e. The highest BCUT2D eigenvalue weighted by atomic mass is 16.7. The van der Waals surface area contributed by atoms with Crippen molar-refractivity contribution >= 4 is 65.0 Å². The molecule has 0 saturated carbocycles. The van der Waals surface area contributed by atoms with E-state index in [-0.39, 0.29) is 35.5 Å². The molecule has 8 rings (SSSR count). The van der Waals surface area contributed by atoms with Crippen LogP contribution in [0.1, 0.15) is 48.1 Å². The Balaban J connectivity index is 1.18. The Morgan fingerprint density at radius 2 is 1.54 bits per heavy atom. The van der Waals surface area contributed by atoms with Crippen LogP contribution in [0.2, 0.25) is 0 Å². The van der Waals surface area contributed by atoms with Gasteiger partial charge in [0.2, 0.25) is 25.4 Å². The molecule has 0 saturated heterocycles. The number of rotatable bonds is 10. The largest absolute Gasteiger partial charge is 0.457 e. The van der Waals surface area contributed by atoms with E-state index in [1.165, 1.54) is 29.7 Å². The molecule has 3 aliphatic rings. The molecule has 2 aliphatic heterocycles. The van der Waals surface area contributed by atoms with Gasteiger partial charge in [-0.05, 0) is 43.7 Å². The van der Waals surface area contributed by atoms with E-state index in [2.05, 4.69) is 5.16 Å². The van der Waals surface area contributed by atoms with Crippen molar-refractivity contribution < 1.29 is 53.1 Å². The third-order valence-electron chi connectivity index (χ3n) is 10.4. The van der Waals surface area contributed by atoms with Crippen molar-refractivity contribution in [3.8, 4) is 28.3 Å². The summed E-state index contributed by atoms with van der Waals surface area (Å²) in [7, 11) is 5.14. The number of ether oxygens (including phenoxy) is 3. The number of pyridine rings is 2. The number of esters is 2. The van der Waals surface area contributed by atoms with Crippen LogP contribution in [0.25, 0.3) is 33.4 Å². The fourth-order valence-corrected chi connectivity index (χ4v) is 7.60. The van der Waals surface area contributed by atoms with Gasteiger partial charge in [0.05, 0.1) is 72.0 Å². The Hall–Kier alpha value is -8.44. The first-order valence-corrected chi connectivity index (χ1v) is 17.7. The van der Waals surface area contributed by atoms with E-state index < -0.39 is 112 Å². The Morgan fingerprint density at radius 3 is 2.10 bits per heavy atom. The van der Waals surface area contributed by atoms with Crippen LogP contribution in [0.4, 0.5) is 27.5 Å². The van der Waals surface area contributed by atoms with Gasteiger partial charge in [0.25, 0.3) is 28.3 Å². The molecular formula is C37H22BN7O16. The van der Waals surface area contributed by atoms with E-state index in [0.717, 1.165) is 19.1 Å². The molecular weight excluding hydrogens is 809 g/mol. The van der Waals surface area contributed by atoms with E-state index in [9.17, 15) is 59.6 Å². The number of fused-ring (bicyclic) bond motifs is 8. The van der Waals surface area contributed by atoms with Crippen molar-refractivity contribution in [3.05, 3.63) is 133 Å². The van der Waals surface area contributed by atoms with Crippen LogP contribution in [-0.4, -0.2) is 66.7 Å². The van der Waals surface area contributed by atoms with Crippen LogP contribution >= 0.6 is 0 Å². The third kappa shape index (κ3) is 6.23. The van der Waals surface area contributed by atoms with E-state index in [4.69, 9.17) is 31.9 Å². The number of non-ortho nitro benzene ring substituents is 2. The number of aromatic nitrogens is 2. The number of carbonyl (C=O) groups excluding carboxylic acids is 3. The molecule has 1 aliphatic carbocycles. The molecule has 304 valence electrons. The lowest BCUT2D eigenvalue weighted by Crippen LogP contribution is -2.48. The minimum Gasteiger partial charge on any atom is -0.457 e. The van der Waals surface area contributed by atoms with Crippen molar-refractivity contribution in [2.45, 2.75) is 45.1 Å². The monoisotopic (exact) mass is 831 g/mol. The number of carbonyl (C=O) groups is 3. The van der Waals surface area contributed by atoms with Gasteiger partial charge in [-0.1, -0.05) is 12.1 Å². The minimum absolute atomic E-state index is 0.00722. The Bertz CT molecular complexity index is 2940. The summed E-state index contributed by atoms with van der Waals surface area (Å²) in [5, 5.41) is 52.4. The summed E-state index contributed by atoms with van der Waals surface area (Å²) >= 11 is 0. The van der Waals surface area contributed by atoms with Crippen molar-refractivity contribution in [2.24, 2.45) is 5.16 Å². The van der Waals surface area contributed by atoms with Crippen LogP contribution in [0, 0.1) is 40.5 Å². The van der Waals surface area contributed by atoms with Crippen molar-refractivity contribution in [2.75, 3.05) is 0 Å². The second kappa shape index (κ2) is 14.1. The zero-order valence-electron chi connectivity index (χ0n) is 31.1. The lowest BCUT2D eigenvalue weighted by molar-refractivity contribution is -0.395. The van der Waals surface area contributed by atoms with Gasteiger partial charge >= 0.3 is 11.9 Å². The predicted molar refractivity (Wildman–Crippen MR) is 205 cm³/mol. The number of hydrogen-bond donors (Lipinski definition) is 0. The second-order valence-corrected chi connectivity index (χ2v) is 13.8. The Kier molecular flexibility index (Phi) is 9.13. The summed E-state index contributed by atoms with van der Waals surface area (Å²) in [6.07, 6.45) is -2.05. The topological polar surface area (TPSA) is 308 Å². The number of oxime groups is 1. The van der Waals surface area contributed by atoms with Gasteiger partial charge in [-0.2, -0.15) is 0 Å². The van der Waals surface area contributed by atoms with Gasteiger partial charge in [-0.3, -0.25) is 50.0 Å². The predicted octanol–water partition coefficient (Wildman–Crippen LogP) is 4.77. The Morgan fingerprint density at radius 1 is 0.918 bits per heavy atom. The molecule has 2 atom stereocenters. The van der Waals surface area contributed by atoms with Gasteiger partial charge in [-0.15, -0.1) is 0 Å². The van der Waals surface area contributed by atoms with Gasteiger partial charge < -0.3 is 23.6 Å². The molecule has 4 heterocycles. The maximum absolute atomic E-state index is 14.0. The van der Waals surface area contributed by atoms with Crippen LogP contribution in [0.15, 0.2) is 64.5 Å². The summed E-state index contributed by atoms with van der Waals surface area (Å²) < 4.78 is 17.6. The normalized spacial score (nSPS) is 15.9. The molecule has 0 amide bonds. The highest BCUT2D eigenvalue weighted by Crippen LogP contribution is 2.50. The quantitative estimate of drug-likeness (QED) is 0.0775. The molecule has 3 aromatic carbocycles. The summed E-state index contributed by atoms with van der Waals surface area (Å²) in [4.78, 5) is 107. The Labute approximate surface area is 339 Å². The first kappa shape index (κ1) is 39.4. The fourth-order valence-electron chi connectivity index (χ4n) is 7.60. The summed E-state index contributed by atoms with van der Waals surface area (Å²) in [5.41, 5.74) is -7.26. The molecule has 0 bridgehead atoms. The number of nitrogens with zero attached hydrogens (tertiary/aromatic N) is 7. The lowest BCUT2D eigenvalue weighted by Gasteiger charge is -2.36. The molecule has 2 aromatic heterocycles. The van der Waals surface area contributed by atoms with Crippen LogP contribution in [-0.2, 0) is 42.7 Å². The molecule has 2 radical (unpaired) electrons. The first-order chi connectivity index (χ1) is 28.9. The molecule has 0 spiro atoms. The van der Waals surface area contributed by atoms with Gasteiger partial charge in [0.15, 0.2) is 0 Å². The number of hydrogen-bond acceptors (Lipinski definition) is 18. The van der Waals surface area contributed by atoms with E-state index in [0.29, 0.717) is 34.3 Å². The van der Waals surface area contributed by atoms with Crippen molar-refractivity contribution in [1.82, 2.24) is 9.55 Å². The molecule has 0 N–H and O–H groups in total. The van der Waals surface area contributed by atoms with E-state index >= 15 is 0 Å². The number of nitro benzene ring substituents is 4. The number of benzene rings is 3. The smallest absolute Gasteiger partial charge is 0.355 e. The summed E-state index contributed by atoms with van der Waals surface area (Å²) in [5.74, 6) is -3.16. The lowest BCUT2D eigenvalue weighted by atomic mass is 9.85. The van der Waals surface area contributed by atoms with Gasteiger partial charge in [-0.25, -0.2) is 14.6 Å². The van der Waals surface area contributed by atoms with Crippen molar-refractivity contribution in [1.29, 1.82) is 0 Å². The van der Waals surface area contributed by atoms with Crippen LogP contribution in [0.5, 0.6) is 5.75 Å². The van der Waals surface area contributed by atoms with Crippen molar-refractivity contribution in [3.63, 3.8) is 0 Å². The number of cyclic esters (lactones) is 1. The van der Waals surface area contributed by atoms with E-state index in [1.54, 1.807) is 12.1 Å². The van der Waals surface area contributed by atoms with Gasteiger partial charge in [0.1, 0.15) is 18.1 Å². The molecule has 23 nitrogen and oxygen atoms in total. The highest BCUT2D eigenvalue weighted by Gasteiger charge is 2.51. The van der Waals surface area contributed by atoms with Gasteiger partial charge in [0, 0.05) is 39.8 Å². The second-order valence-electron chi connectivity index (χ2n) is 13.8. The fraction of sp³-hybridized carbons (Fsp3) is 0.189. The SMILES string of the molecule is [B]C(=O)Oc1ccc2nc3c(cc2c1)Cn1c-3cc2c(c1=O)COC(=O)[C@@]2(CC)OC(=O)[C@@H](C)ON=C1c2cc([N+](=O)[O-])cc([N+](=O)[O-])c2-c2c1cc([N+](=O)[O-])cc2[N+](=O)[O-]. The molecule has 24 heteroatoms. The summed E-state index contributed by atoms with van der Waals surface area (Å²) in [6.45, 7) is 2.18. The van der Waals surface area contributed by atoms with Crippen LogP contribution in [0.3, 0.4) is 0 Å². The average molecular weight is 831 g/mol. The number of nitro groups is 4. The molecule has 5 aromatic rings. The minimum atomic E-state index is -2.24. The molecule has 0 fully saturated rings. The molecule has 0 unspecified atom stereocenters. The maximum atomic E-state index is 14.0. The zero-order chi connectivity index (χ0) is 43.8. The van der Waals surface area contributed by atoms with Crippen LogP contribution < -0.4 is 10.3 Å². The third-order valence-corrected chi connectivity index (χ3v) is 10.4. The van der Waals surface area contributed by atoms with E-state index in [1.807, 2.05) is 0 Å². The first-order valence-electron chi connectivity index (χ1n) is 17.7. The zero-order valence-corrected chi connectivity index (χ0v) is 31.1. The highest BCUT2D eigenvalue weighted by molar-refractivity contribution is 6.55. The standard InChI is InChI=1S/C37H22BN7O16/c1-3-37(24-12-28-31-17(13-41(28)33(46)23(24)14-58-35(37)48)6-16-7-20(59-36(38)49)4-5-25(16)39-31)60-34(47)15(2)61-40-32-21-8-18(42(50)51)10-26(44(54)55)29(21)30-22(32)9-19(43(52)53)11-27(30)45(56)57/h4-12,15H,3,13-14H2,1-2H3/t15-,37+/m1/s1. The average Bonchev–Trinajstić information content (AvgIpc) is 3.73.